The first-order chi connectivity index (χ1) is 14.4. The van der Waals surface area contributed by atoms with Gasteiger partial charge in [-0.2, -0.15) is 0 Å². The van der Waals surface area contributed by atoms with Gasteiger partial charge in [0.2, 0.25) is 0 Å². The number of ether oxygens (including phenoxy) is 2. The summed E-state index contributed by atoms with van der Waals surface area (Å²) in [6, 6.07) is 13.1. The molecule has 30 heavy (non-hydrogen) atoms. The van der Waals surface area contributed by atoms with Crippen LogP contribution >= 0.6 is 23.4 Å². The number of hydrogen-bond acceptors (Lipinski definition) is 7. The number of amidine groups is 1. The van der Waals surface area contributed by atoms with Gasteiger partial charge in [-0.05, 0) is 29.3 Å². The van der Waals surface area contributed by atoms with Crippen LogP contribution in [0, 0.1) is 0 Å². The molecule has 1 fully saturated rings. The molecule has 4 rings (SSSR count). The number of methoxy groups -OCH3 is 2. The van der Waals surface area contributed by atoms with Crippen molar-refractivity contribution in [3.8, 4) is 11.5 Å². The van der Waals surface area contributed by atoms with Crippen LogP contribution in [0.4, 0.5) is 0 Å². The van der Waals surface area contributed by atoms with Crippen LogP contribution < -0.4 is 9.47 Å². The number of fused-ring (bicyclic) bond motifs is 1. The molecule has 0 spiro atoms. The second kappa shape index (κ2) is 8.69. The number of hydrogen-bond donors (Lipinski definition) is 0. The molecule has 0 bridgehead atoms. The third-order valence-electron chi connectivity index (χ3n) is 5.33. The van der Waals surface area contributed by atoms with Crippen molar-refractivity contribution in [1.29, 1.82) is 0 Å². The zero-order valence-corrected chi connectivity index (χ0v) is 19.1. The van der Waals surface area contributed by atoms with E-state index in [-0.39, 0.29) is 23.6 Å². The van der Waals surface area contributed by atoms with E-state index in [1.165, 1.54) is 0 Å². The number of thioether (sulfide) groups is 1. The van der Waals surface area contributed by atoms with Gasteiger partial charge < -0.3 is 14.4 Å². The van der Waals surface area contributed by atoms with Crippen LogP contribution in [0.2, 0.25) is 5.02 Å². The van der Waals surface area contributed by atoms with Gasteiger partial charge >= 0.3 is 0 Å². The average molecular weight is 467 g/mol. The zero-order valence-electron chi connectivity index (χ0n) is 16.7. The third-order valence-corrected chi connectivity index (χ3v) is 8.45. The van der Waals surface area contributed by atoms with Crippen molar-refractivity contribution in [2.24, 2.45) is 4.99 Å². The fourth-order valence-electron chi connectivity index (χ4n) is 3.83. The van der Waals surface area contributed by atoms with Gasteiger partial charge in [0.1, 0.15) is 0 Å². The molecule has 1 saturated heterocycles. The van der Waals surface area contributed by atoms with Crippen molar-refractivity contribution < 1.29 is 17.9 Å². The van der Waals surface area contributed by atoms with Gasteiger partial charge in [-0.25, -0.2) is 8.42 Å². The minimum absolute atomic E-state index is 0.107. The first-order valence-electron chi connectivity index (χ1n) is 9.52. The minimum atomic E-state index is -3.08. The topological polar surface area (TPSA) is 68.2 Å². The standard InChI is InChI=1S/C21H23ClN2O4S2/c1-27-19-8-7-14(9-20(19)28-2)10-24-18-13-30(25,26)12-17(18)23-21(24)29-11-15-5-3-4-6-16(15)22/h3-9,17-18H,10-13H2,1-2H3. The van der Waals surface area contributed by atoms with Crippen molar-refractivity contribution in [1.82, 2.24) is 4.90 Å². The molecule has 0 saturated carbocycles. The lowest BCUT2D eigenvalue weighted by Crippen LogP contribution is -2.38. The van der Waals surface area contributed by atoms with Crippen LogP contribution in [-0.4, -0.2) is 56.3 Å². The molecule has 0 aliphatic carbocycles. The van der Waals surface area contributed by atoms with Crippen LogP contribution in [0.15, 0.2) is 47.5 Å². The van der Waals surface area contributed by atoms with E-state index >= 15 is 0 Å². The fourth-order valence-corrected chi connectivity index (χ4v) is 7.10. The lowest BCUT2D eigenvalue weighted by atomic mass is 10.1. The van der Waals surface area contributed by atoms with Crippen LogP contribution in [0.1, 0.15) is 11.1 Å². The summed E-state index contributed by atoms with van der Waals surface area (Å²) in [6.45, 7) is 0.547. The van der Waals surface area contributed by atoms with Crippen molar-refractivity contribution in [2.75, 3.05) is 25.7 Å². The molecule has 9 heteroatoms. The second-order valence-corrected chi connectivity index (χ2v) is 10.8. The molecule has 2 heterocycles. The molecule has 0 N–H and O–H groups in total. The molecule has 2 aliphatic rings. The largest absolute Gasteiger partial charge is 0.493 e. The summed E-state index contributed by atoms with van der Waals surface area (Å²) in [5, 5.41) is 1.58. The van der Waals surface area contributed by atoms with E-state index in [1.807, 2.05) is 42.5 Å². The number of sulfone groups is 1. The van der Waals surface area contributed by atoms with Gasteiger partial charge in [0, 0.05) is 17.3 Å². The quantitative estimate of drug-likeness (QED) is 0.647. The Morgan fingerprint density at radius 1 is 1.13 bits per heavy atom. The SMILES string of the molecule is COc1ccc(CN2C(SCc3ccccc3Cl)=NC3CS(=O)(=O)CC32)cc1OC. The fraction of sp³-hybridized carbons (Fsp3) is 0.381. The minimum Gasteiger partial charge on any atom is -0.493 e. The third kappa shape index (κ3) is 4.40. The van der Waals surface area contributed by atoms with Crippen molar-refractivity contribution in [3.63, 3.8) is 0 Å². The monoisotopic (exact) mass is 466 g/mol. The number of benzene rings is 2. The predicted molar refractivity (Wildman–Crippen MR) is 122 cm³/mol. The molecular weight excluding hydrogens is 444 g/mol. The molecule has 160 valence electrons. The highest BCUT2D eigenvalue weighted by atomic mass is 35.5. The summed E-state index contributed by atoms with van der Waals surface area (Å²) >= 11 is 7.89. The lowest BCUT2D eigenvalue weighted by Gasteiger charge is -2.27. The summed E-state index contributed by atoms with van der Waals surface area (Å²) in [5.41, 5.74) is 2.03. The molecule has 0 aromatic heterocycles. The molecule has 2 unspecified atom stereocenters. The Morgan fingerprint density at radius 2 is 1.90 bits per heavy atom. The molecule has 2 aliphatic heterocycles. The van der Waals surface area contributed by atoms with E-state index in [2.05, 4.69) is 4.90 Å². The molecule has 2 atom stereocenters. The van der Waals surface area contributed by atoms with Gasteiger partial charge in [-0.15, -0.1) is 0 Å². The van der Waals surface area contributed by atoms with Crippen LogP contribution in [-0.2, 0) is 22.1 Å². The van der Waals surface area contributed by atoms with Crippen LogP contribution in [0.3, 0.4) is 0 Å². The predicted octanol–water partition coefficient (Wildman–Crippen LogP) is 3.63. The zero-order chi connectivity index (χ0) is 21.3. The Bertz CT molecular complexity index is 1070. The number of rotatable bonds is 6. The first-order valence-corrected chi connectivity index (χ1v) is 12.7. The Morgan fingerprint density at radius 3 is 2.63 bits per heavy atom. The molecular formula is C21H23ClN2O4S2. The van der Waals surface area contributed by atoms with E-state index in [0.29, 0.717) is 23.8 Å². The summed E-state index contributed by atoms with van der Waals surface area (Å²) in [7, 11) is 0.125. The second-order valence-electron chi connectivity index (χ2n) is 7.32. The van der Waals surface area contributed by atoms with E-state index < -0.39 is 9.84 Å². The molecule has 2 aromatic rings. The highest BCUT2D eigenvalue weighted by Crippen LogP contribution is 2.35. The molecule has 2 aromatic carbocycles. The van der Waals surface area contributed by atoms with Crippen molar-refractivity contribution in [2.45, 2.75) is 24.4 Å². The highest BCUT2D eigenvalue weighted by molar-refractivity contribution is 8.13. The lowest BCUT2D eigenvalue weighted by molar-refractivity contribution is 0.337. The van der Waals surface area contributed by atoms with Crippen molar-refractivity contribution >= 4 is 38.4 Å². The maximum Gasteiger partial charge on any atom is 0.161 e. The molecule has 6 nitrogen and oxygen atoms in total. The highest BCUT2D eigenvalue weighted by Gasteiger charge is 2.46. The van der Waals surface area contributed by atoms with Crippen molar-refractivity contribution in [3.05, 3.63) is 58.6 Å². The van der Waals surface area contributed by atoms with E-state index in [9.17, 15) is 8.42 Å². The average Bonchev–Trinajstić information content (AvgIpc) is 3.19. The van der Waals surface area contributed by atoms with Gasteiger partial charge in [0.05, 0.1) is 37.8 Å². The van der Waals surface area contributed by atoms with E-state index in [0.717, 1.165) is 21.3 Å². The van der Waals surface area contributed by atoms with E-state index in [4.69, 9.17) is 26.1 Å². The number of aliphatic imine (C=N–C) groups is 1. The number of halogens is 1. The Hall–Kier alpha value is -1.90. The maximum absolute atomic E-state index is 12.2. The van der Waals surface area contributed by atoms with Gasteiger partial charge in [-0.3, -0.25) is 4.99 Å². The normalized spacial score (nSPS) is 22.0. The Kier molecular flexibility index (Phi) is 6.18. The van der Waals surface area contributed by atoms with Crippen LogP contribution in [0.25, 0.3) is 0 Å². The van der Waals surface area contributed by atoms with E-state index in [1.54, 1.807) is 26.0 Å². The summed E-state index contributed by atoms with van der Waals surface area (Å²) in [5.74, 6) is 2.21. The van der Waals surface area contributed by atoms with Gasteiger partial charge in [0.15, 0.2) is 26.5 Å². The molecule has 0 radical (unpaired) electrons. The first kappa shape index (κ1) is 21.3. The maximum atomic E-state index is 12.2. The summed E-state index contributed by atoms with van der Waals surface area (Å²) < 4.78 is 35.1. The summed E-state index contributed by atoms with van der Waals surface area (Å²) in [6.07, 6.45) is 0. The summed E-state index contributed by atoms with van der Waals surface area (Å²) in [4.78, 5) is 6.88. The smallest absolute Gasteiger partial charge is 0.161 e. The Balaban J connectivity index is 1.57. The van der Waals surface area contributed by atoms with Crippen LogP contribution in [0.5, 0.6) is 11.5 Å². The van der Waals surface area contributed by atoms with Gasteiger partial charge in [-0.1, -0.05) is 47.6 Å². The Labute approximate surface area is 186 Å². The molecule has 0 amide bonds. The number of nitrogens with zero attached hydrogens (tertiary/aromatic N) is 2. The van der Waals surface area contributed by atoms with Gasteiger partial charge in [0.25, 0.3) is 0 Å².